The third kappa shape index (κ3) is 2.60. The minimum absolute atomic E-state index is 0.509. The lowest BCUT2D eigenvalue weighted by Crippen LogP contribution is -2.56. The smallest absolute Gasteiger partial charge is 0.423 e. The van der Waals surface area contributed by atoms with Gasteiger partial charge in [-0.15, -0.1) is 5.46 Å². The molecule has 126 valence electrons. The van der Waals surface area contributed by atoms with Gasteiger partial charge in [-0.3, -0.25) is 0 Å². The molecular formula is C18H19B6NO2. The van der Waals surface area contributed by atoms with E-state index in [1.807, 2.05) is 18.2 Å². The van der Waals surface area contributed by atoms with Crippen molar-refractivity contribution < 1.29 is 10.0 Å². The van der Waals surface area contributed by atoms with Gasteiger partial charge in [0.1, 0.15) is 39.2 Å². The van der Waals surface area contributed by atoms with Crippen LogP contribution in [0.15, 0.2) is 42.5 Å². The predicted octanol–water partition coefficient (Wildman–Crippen LogP) is -6.24. The van der Waals surface area contributed by atoms with Crippen LogP contribution in [0.1, 0.15) is 0 Å². The van der Waals surface area contributed by atoms with E-state index in [0.29, 0.717) is 5.46 Å². The van der Waals surface area contributed by atoms with Crippen LogP contribution in [0.5, 0.6) is 0 Å². The molecule has 0 spiro atoms. The van der Waals surface area contributed by atoms with Crippen molar-refractivity contribution in [2.24, 2.45) is 0 Å². The molecule has 0 unspecified atom stereocenters. The summed E-state index contributed by atoms with van der Waals surface area (Å²) in [6, 6.07) is 14.0. The third-order valence-corrected chi connectivity index (χ3v) is 6.18. The van der Waals surface area contributed by atoms with Gasteiger partial charge < -0.3 is 14.6 Å². The maximum atomic E-state index is 9.62. The molecule has 2 N–H and O–H groups in total. The topological polar surface area (TPSA) is 45.4 Å². The van der Waals surface area contributed by atoms with Crippen LogP contribution in [0.4, 0.5) is 0 Å². The van der Waals surface area contributed by atoms with Gasteiger partial charge >= 0.3 is 7.12 Å². The average molecular weight is 346 g/mol. The van der Waals surface area contributed by atoms with E-state index in [1.54, 1.807) is 6.07 Å². The highest BCUT2D eigenvalue weighted by Crippen LogP contribution is 2.30. The molecule has 0 aliphatic rings. The number of rotatable bonds is 2. The summed E-state index contributed by atoms with van der Waals surface area (Å²) >= 11 is 0. The molecule has 27 heavy (non-hydrogen) atoms. The monoisotopic (exact) mass is 347 g/mol. The zero-order chi connectivity index (χ0) is 19.5. The number of para-hydroxylation sites is 1. The van der Waals surface area contributed by atoms with Crippen molar-refractivity contribution in [3.8, 4) is 5.69 Å². The van der Waals surface area contributed by atoms with E-state index >= 15 is 0 Å². The number of hydrogen-bond donors (Lipinski definition) is 2. The summed E-state index contributed by atoms with van der Waals surface area (Å²) in [5.41, 5.74) is 10.5. The Balaban J connectivity index is 2.21. The highest BCUT2D eigenvalue weighted by atomic mass is 16.4. The molecule has 0 bridgehead atoms. The zero-order valence-corrected chi connectivity index (χ0v) is 16.5. The van der Waals surface area contributed by atoms with Gasteiger partial charge in [-0.2, -0.15) is 0 Å². The second-order valence-corrected chi connectivity index (χ2v) is 7.48. The van der Waals surface area contributed by atoms with Crippen LogP contribution in [0.2, 0.25) is 0 Å². The summed E-state index contributed by atoms with van der Waals surface area (Å²) < 4.78 is 2.32. The summed E-state index contributed by atoms with van der Waals surface area (Å²) in [5.74, 6) is 0. The molecule has 0 aliphatic carbocycles. The number of fused-ring (bicyclic) bond motifs is 3. The molecule has 0 aliphatic heterocycles. The van der Waals surface area contributed by atoms with Crippen molar-refractivity contribution in [3.63, 3.8) is 0 Å². The van der Waals surface area contributed by atoms with Crippen molar-refractivity contribution in [1.29, 1.82) is 0 Å². The van der Waals surface area contributed by atoms with Gasteiger partial charge in [0.15, 0.2) is 0 Å². The highest BCUT2D eigenvalue weighted by molar-refractivity contribution is 6.68. The Hall–Kier alpha value is -2.23. The van der Waals surface area contributed by atoms with Crippen LogP contribution in [0, 0.1) is 0 Å². The van der Waals surface area contributed by atoms with E-state index < -0.39 is 7.12 Å². The first-order valence-electron chi connectivity index (χ1n) is 9.29. The standard InChI is InChI=1S/C18H19B6NO2/c19-13-14(20)16(22)18(17(23)15(13)21)25-11-4-2-1-3-9(11)10-7-8(24(26)27)5-6-12(10)25/h1-7,26-27H,19-23H2. The maximum absolute atomic E-state index is 9.62. The van der Waals surface area contributed by atoms with Crippen LogP contribution >= 0.6 is 0 Å². The van der Waals surface area contributed by atoms with Gasteiger partial charge in [-0.05, 0) is 17.6 Å². The molecule has 0 saturated heterocycles. The number of aromatic nitrogens is 1. The SMILES string of the molecule is Bc1c(B)c(B)c(-n2c3ccccc3c3cc(B(O)O)ccc32)c(B)c1B. The highest BCUT2D eigenvalue weighted by Gasteiger charge is 2.20. The molecule has 0 saturated carbocycles. The van der Waals surface area contributed by atoms with Gasteiger partial charge in [0.2, 0.25) is 0 Å². The van der Waals surface area contributed by atoms with E-state index in [2.05, 4.69) is 62.0 Å². The van der Waals surface area contributed by atoms with E-state index in [0.717, 1.165) is 21.8 Å². The summed E-state index contributed by atoms with van der Waals surface area (Å²) in [5, 5.41) is 21.4. The van der Waals surface area contributed by atoms with Crippen LogP contribution in [-0.2, 0) is 0 Å². The molecule has 9 heteroatoms. The van der Waals surface area contributed by atoms with Crippen molar-refractivity contribution in [3.05, 3.63) is 42.5 Å². The molecule has 4 rings (SSSR count). The molecule has 3 aromatic carbocycles. The molecule has 3 nitrogen and oxygen atoms in total. The van der Waals surface area contributed by atoms with Gasteiger partial charge in [-0.1, -0.05) is 52.2 Å². The molecule has 0 fully saturated rings. The largest absolute Gasteiger partial charge is 0.488 e. The predicted molar refractivity (Wildman–Crippen MR) is 131 cm³/mol. The van der Waals surface area contributed by atoms with E-state index in [4.69, 9.17) is 0 Å². The summed E-state index contributed by atoms with van der Waals surface area (Å²) in [6.07, 6.45) is 0. The molecule has 1 aromatic heterocycles. The fraction of sp³-hybridized carbons (Fsp3) is 0. The minimum Gasteiger partial charge on any atom is -0.423 e. The lowest BCUT2D eigenvalue weighted by molar-refractivity contribution is 0.426. The normalized spacial score (nSPS) is 11.3. The fourth-order valence-electron chi connectivity index (χ4n) is 4.21. The number of nitrogens with zero attached hydrogens (tertiary/aromatic N) is 1. The van der Waals surface area contributed by atoms with Gasteiger partial charge in [0, 0.05) is 16.5 Å². The van der Waals surface area contributed by atoms with Crippen molar-refractivity contribution in [2.75, 3.05) is 0 Å². The Labute approximate surface area is 164 Å². The van der Waals surface area contributed by atoms with Crippen molar-refractivity contribution in [2.45, 2.75) is 0 Å². The van der Waals surface area contributed by atoms with Crippen molar-refractivity contribution >= 4 is 101 Å². The Bertz CT molecular complexity index is 1190. The fourth-order valence-corrected chi connectivity index (χ4v) is 4.21. The molecule has 1 heterocycles. The Morgan fingerprint density at radius 2 is 1.22 bits per heavy atom. The van der Waals surface area contributed by atoms with E-state index in [9.17, 15) is 10.0 Å². The van der Waals surface area contributed by atoms with Gasteiger partial charge in [0.05, 0.1) is 11.0 Å². The molecule has 0 atom stereocenters. The number of hydrogen-bond acceptors (Lipinski definition) is 2. The minimum atomic E-state index is -1.47. The van der Waals surface area contributed by atoms with Crippen LogP contribution in [0.3, 0.4) is 0 Å². The van der Waals surface area contributed by atoms with Gasteiger partial charge in [0.25, 0.3) is 0 Å². The van der Waals surface area contributed by atoms with Crippen LogP contribution in [0.25, 0.3) is 27.5 Å². The molecular weight excluding hydrogens is 327 g/mol. The van der Waals surface area contributed by atoms with E-state index in [-0.39, 0.29) is 0 Å². The quantitative estimate of drug-likeness (QED) is 0.355. The molecule has 0 radical (unpaired) electrons. The Morgan fingerprint density at radius 3 is 1.85 bits per heavy atom. The first-order valence-corrected chi connectivity index (χ1v) is 9.29. The lowest BCUT2D eigenvalue weighted by atomic mass is 9.61. The molecule has 0 amide bonds. The second kappa shape index (κ2) is 6.43. The maximum Gasteiger partial charge on any atom is 0.488 e. The van der Waals surface area contributed by atoms with Crippen molar-refractivity contribution in [1.82, 2.24) is 4.57 Å². The summed E-state index contributed by atoms with van der Waals surface area (Å²) in [7, 11) is 9.48. The van der Waals surface area contributed by atoms with Crippen LogP contribution in [-0.4, -0.2) is 61.0 Å². The number of benzene rings is 3. The first kappa shape index (κ1) is 18.1. The Kier molecular flexibility index (Phi) is 4.32. The molecule has 4 aromatic rings. The zero-order valence-electron chi connectivity index (χ0n) is 16.5. The summed E-state index contributed by atoms with van der Waals surface area (Å²) in [6.45, 7) is 0. The Morgan fingerprint density at radius 1 is 0.667 bits per heavy atom. The first-order chi connectivity index (χ1) is 12.8. The summed E-state index contributed by atoms with van der Waals surface area (Å²) in [4.78, 5) is 0. The second-order valence-electron chi connectivity index (χ2n) is 7.48. The van der Waals surface area contributed by atoms with Crippen LogP contribution < -0.4 is 32.8 Å². The van der Waals surface area contributed by atoms with Gasteiger partial charge in [-0.25, -0.2) is 0 Å². The van der Waals surface area contributed by atoms with E-state index in [1.165, 1.54) is 33.0 Å². The third-order valence-electron chi connectivity index (χ3n) is 6.18. The lowest BCUT2D eigenvalue weighted by Gasteiger charge is -2.22. The average Bonchev–Trinajstić information content (AvgIpc) is 2.99.